The number of hydrogen-bond donors (Lipinski definition) is 2. The molecule has 192 valence electrons. The second-order valence-corrected chi connectivity index (χ2v) is 9.09. The Balaban J connectivity index is 1.51. The third kappa shape index (κ3) is 6.20. The van der Waals surface area contributed by atoms with E-state index in [1.54, 1.807) is 7.11 Å². The maximum atomic E-state index is 10.6. The average Bonchev–Trinajstić information content (AvgIpc) is 3.59. The summed E-state index contributed by atoms with van der Waals surface area (Å²) in [5.41, 5.74) is 4.69. The number of rotatable bonds is 12. The van der Waals surface area contributed by atoms with Gasteiger partial charge in [-0.05, 0) is 55.5 Å². The van der Waals surface area contributed by atoms with Crippen LogP contribution < -0.4 is 14.8 Å². The molecule has 9 heteroatoms. The monoisotopic (exact) mass is 494 g/mol. The lowest BCUT2D eigenvalue weighted by molar-refractivity contribution is -0.136. The predicted octanol–water partition coefficient (Wildman–Crippen LogP) is 4.78. The second-order valence-electron chi connectivity index (χ2n) is 9.09. The molecule has 1 aliphatic rings. The molecule has 0 amide bonds. The Morgan fingerprint density at radius 1 is 1.11 bits per heavy atom. The van der Waals surface area contributed by atoms with Crippen molar-refractivity contribution in [3.63, 3.8) is 0 Å². The van der Waals surface area contributed by atoms with Crippen LogP contribution in [0.2, 0.25) is 0 Å². The van der Waals surface area contributed by atoms with Crippen LogP contribution in [0, 0.1) is 6.92 Å². The fraction of sp³-hybridized carbons (Fsp3) is 0.481. The van der Waals surface area contributed by atoms with Gasteiger partial charge in [0.1, 0.15) is 12.4 Å². The molecule has 36 heavy (non-hydrogen) atoms. The van der Waals surface area contributed by atoms with Crippen LogP contribution in [0.15, 0.2) is 28.7 Å². The molecular formula is C27H34N4O5. The first-order valence-electron chi connectivity index (χ1n) is 12.6. The molecule has 4 rings (SSSR count). The van der Waals surface area contributed by atoms with Crippen LogP contribution in [0.25, 0.3) is 22.9 Å². The summed E-state index contributed by atoms with van der Waals surface area (Å²) >= 11 is 0. The van der Waals surface area contributed by atoms with E-state index in [0.717, 1.165) is 53.0 Å². The highest BCUT2D eigenvalue weighted by atomic mass is 16.5. The second kappa shape index (κ2) is 12.0. The number of nitrogens with one attached hydrogen (secondary N) is 1. The fourth-order valence-electron chi connectivity index (χ4n) is 4.63. The minimum atomic E-state index is -0.815. The third-order valence-electron chi connectivity index (χ3n) is 6.50. The van der Waals surface area contributed by atoms with Gasteiger partial charge in [0.25, 0.3) is 0 Å². The molecule has 0 bridgehead atoms. The van der Waals surface area contributed by atoms with Gasteiger partial charge in [-0.15, -0.1) is 10.2 Å². The molecule has 1 aromatic carbocycles. The van der Waals surface area contributed by atoms with E-state index in [-0.39, 0.29) is 6.42 Å². The highest BCUT2D eigenvalue weighted by Crippen LogP contribution is 2.37. The molecule has 2 heterocycles. The number of hydrogen-bond acceptors (Lipinski definition) is 8. The molecule has 0 spiro atoms. The van der Waals surface area contributed by atoms with Crippen molar-refractivity contribution in [2.45, 2.75) is 58.3 Å². The maximum Gasteiger partial charge on any atom is 0.304 e. The smallest absolute Gasteiger partial charge is 0.304 e. The molecule has 0 unspecified atom stereocenters. The summed E-state index contributed by atoms with van der Waals surface area (Å²) in [4.78, 5) is 15.3. The number of ether oxygens (including phenoxy) is 2. The van der Waals surface area contributed by atoms with Gasteiger partial charge in [0, 0.05) is 41.9 Å². The molecule has 3 aromatic rings. The van der Waals surface area contributed by atoms with Crippen LogP contribution >= 0.6 is 0 Å². The minimum Gasteiger partial charge on any atom is -0.492 e. The number of aryl methyl sites for hydroxylation is 2. The number of carbonyl (C=O) groups is 1. The summed E-state index contributed by atoms with van der Waals surface area (Å²) in [5.74, 6) is 1.90. The molecule has 0 atom stereocenters. The van der Waals surface area contributed by atoms with Crippen molar-refractivity contribution >= 4 is 5.97 Å². The number of carboxylic acid groups (broad SMARTS) is 1. The number of benzene rings is 1. The number of methoxy groups -OCH3 is 1. The van der Waals surface area contributed by atoms with E-state index in [4.69, 9.17) is 19.0 Å². The van der Waals surface area contributed by atoms with Gasteiger partial charge in [-0.1, -0.05) is 19.8 Å². The lowest BCUT2D eigenvalue weighted by Gasteiger charge is -2.15. The molecule has 2 N–H and O–H groups in total. The van der Waals surface area contributed by atoms with Crippen molar-refractivity contribution in [2.75, 3.05) is 26.8 Å². The molecule has 9 nitrogen and oxygen atoms in total. The molecular weight excluding hydrogens is 460 g/mol. The van der Waals surface area contributed by atoms with Gasteiger partial charge in [-0.25, -0.2) is 4.98 Å². The zero-order valence-electron chi connectivity index (χ0n) is 21.2. The topological polar surface area (TPSA) is 120 Å². The highest BCUT2D eigenvalue weighted by Gasteiger charge is 2.22. The summed E-state index contributed by atoms with van der Waals surface area (Å²) in [6.07, 6.45) is 5.60. The molecule has 0 radical (unpaired) electrons. The first kappa shape index (κ1) is 25.6. The van der Waals surface area contributed by atoms with Crippen molar-refractivity contribution < 1.29 is 23.8 Å². The third-order valence-corrected chi connectivity index (χ3v) is 6.50. The lowest BCUT2D eigenvalue weighted by Crippen LogP contribution is -2.24. The first-order chi connectivity index (χ1) is 17.5. The van der Waals surface area contributed by atoms with Crippen LogP contribution in [0.4, 0.5) is 0 Å². The summed E-state index contributed by atoms with van der Waals surface area (Å²) in [7, 11) is 1.62. The van der Waals surface area contributed by atoms with E-state index in [9.17, 15) is 4.79 Å². The van der Waals surface area contributed by atoms with Gasteiger partial charge in [0.15, 0.2) is 0 Å². The fourth-order valence-corrected chi connectivity index (χ4v) is 4.63. The normalized spacial score (nSPS) is 13.8. The largest absolute Gasteiger partial charge is 0.492 e. The predicted molar refractivity (Wildman–Crippen MR) is 135 cm³/mol. The summed E-state index contributed by atoms with van der Waals surface area (Å²) in [6, 6.07) is 7.88. The van der Waals surface area contributed by atoms with Gasteiger partial charge in [0.2, 0.25) is 17.7 Å². The van der Waals surface area contributed by atoms with E-state index in [1.165, 1.54) is 12.8 Å². The maximum absolute atomic E-state index is 10.6. The van der Waals surface area contributed by atoms with Crippen molar-refractivity contribution in [3.8, 4) is 34.5 Å². The van der Waals surface area contributed by atoms with E-state index >= 15 is 0 Å². The Bertz CT molecular complexity index is 1190. The van der Waals surface area contributed by atoms with Gasteiger partial charge in [0.05, 0.1) is 13.5 Å². The van der Waals surface area contributed by atoms with E-state index in [2.05, 4.69) is 27.4 Å². The van der Waals surface area contributed by atoms with E-state index in [0.29, 0.717) is 43.3 Å². The molecule has 0 saturated heterocycles. The number of nitrogens with zero attached hydrogens (tertiary/aromatic N) is 3. The van der Waals surface area contributed by atoms with Crippen molar-refractivity contribution in [3.05, 3.63) is 41.1 Å². The quantitative estimate of drug-likeness (QED) is 0.343. The van der Waals surface area contributed by atoms with Crippen molar-refractivity contribution in [2.24, 2.45) is 0 Å². The molecule has 1 saturated carbocycles. The summed E-state index contributed by atoms with van der Waals surface area (Å²) in [5, 5.41) is 20.4. The van der Waals surface area contributed by atoms with E-state index < -0.39 is 5.97 Å². The van der Waals surface area contributed by atoms with Crippen LogP contribution in [0.3, 0.4) is 0 Å². The number of aromatic nitrogens is 3. The summed E-state index contributed by atoms with van der Waals surface area (Å²) in [6.45, 7) is 5.51. The Labute approximate surface area is 211 Å². The summed E-state index contributed by atoms with van der Waals surface area (Å²) < 4.78 is 17.6. The van der Waals surface area contributed by atoms with Crippen LogP contribution in [-0.2, 0) is 11.2 Å². The number of carboxylic acids is 1. The first-order valence-corrected chi connectivity index (χ1v) is 12.6. The molecule has 2 aromatic heterocycles. The van der Waals surface area contributed by atoms with Gasteiger partial charge in [-0.3, -0.25) is 4.79 Å². The highest BCUT2D eigenvalue weighted by molar-refractivity contribution is 5.66. The molecule has 1 fully saturated rings. The van der Waals surface area contributed by atoms with E-state index in [1.807, 2.05) is 31.2 Å². The standard InChI is InChI=1S/C27H34N4O5/c1-4-18-14-20(13-17(2)25(18)35-12-11-28-10-9-24(32)33)26-30-31-27(36-26)21-15-22(19-7-5-6-8-19)29-23(16-21)34-3/h13-16,19,28H,4-12H2,1-3H3,(H,32,33). The Morgan fingerprint density at radius 3 is 2.50 bits per heavy atom. The minimum absolute atomic E-state index is 0.0915. The van der Waals surface area contributed by atoms with Gasteiger partial charge < -0.3 is 24.3 Å². The average molecular weight is 495 g/mol. The van der Waals surface area contributed by atoms with Crippen molar-refractivity contribution in [1.82, 2.24) is 20.5 Å². The SMILES string of the molecule is CCc1cc(-c2nnc(-c3cc(OC)nc(C4CCCC4)c3)o2)cc(C)c1OCCNCCC(=O)O. The van der Waals surface area contributed by atoms with Gasteiger partial charge in [-0.2, -0.15) is 0 Å². The Hall–Kier alpha value is -3.46. The lowest BCUT2D eigenvalue weighted by atomic mass is 10.0. The Morgan fingerprint density at radius 2 is 1.83 bits per heavy atom. The van der Waals surface area contributed by atoms with Crippen LogP contribution in [-0.4, -0.2) is 53.1 Å². The molecule has 1 aliphatic carbocycles. The molecule has 0 aliphatic heterocycles. The van der Waals surface area contributed by atoms with Crippen LogP contribution in [0.5, 0.6) is 11.6 Å². The Kier molecular flexibility index (Phi) is 8.53. The zero-order chi connectivity index (χ0) is 25.5. The van der Waals surface area contributed by atoms with Crippen molar-refractivity contribution in [1.29, 1.82) is 0 Å². The number of pyridine rings is 1. The van der Waals surface area contributed by atoms with Gasteiger partial charge >= 0.3 is 5.97 Å². The number of aliphatic carboxylic acids is 1. The van der Waals surface area contributed by atoms with Crippen LogP contribution in [0.1, 0.15) is 61.8 Å². The zero-order valence-corrected chi connectivity index (χ0v) is 21.2.